The monoisotopic (exact) mass is 282 g/mol. The fourth-order valence-electron chi connectivity index (χ4n) is 2.83. The molecule has 3 nitrogen and oxygen atoms in total. The average Bonchev–Trinajstić information content (AvgIpc) is 2.49. The summed E-state index contributed by atoms with van der Waals surface area (Å²) >= 11 is 0. The first-order chi connectivity index (χ1) is 10.2. The largest absolute Gasteiger partial charge is 0.370 e. The molecular formula is C18H22N2O. The number of amides is 1. The van der Waals surface area contributed by atoms with Crippen molar-refractivity contribution < 1.29 is 4.79 Å². The minimum absolute atomic E-state index is 0.278. The highest BCUT2D eigenvalue weighted by molar-refractivity contribution is 5.75. The Kier molecular flexibility index (Phi) is 5.12. The second kappa shape index (κ2) is 7.04. The van der Waals surface area contributed by atoms with Crippen LogP contribution in [-0.4, -0.2) is 12.5 Å². The number of hydrogen-bond acceptors (Lipinski definition) is 2. The van der Waals surface area contributed by atoms with Gasteiger partial charge >= 0.3 is 0 Å². The summed E-state index contributed by atoms with van der Waals surface area (Å²) in [6, 6.07) is 20.3. The highest BCUT2D eigenvalue weighted by Gasteiger charge is 2.33. The molecule has 0 saturated heterocycles. The highest BCUT2D eigenvalue weighted by Crippen LogP contribution is 2.29. The standard InChI is InChI=1S/C18H22N2O/c1-2-20-18(14-17(19)21,16-11-7-4-8-12-16)13-15-9-5-3-6-10-15/h3-12,20H,2,13-14H2,1H3,(H2,19,21). The Balaban J connectivity index is 2.42. The van der Waals surface area contributed by atoms with E-state index < -0.39 is 5.54 Å². The minimum Gasteiger partial charge on any atom is -0.370 e. The van der Waals surface area contributed by atoms with Crippen LogP contribution in [0.15, 0.2) is 60.7 Å². The van der Waals surface area contributed by atoms with Gasteiger partial charge in [0, 0.05) is 6.42 Å². The summed E-state index contributed by atoms with van der Waals surface area (Å²) in [5, 5.41) is 3.49. The lowest BCUT2D eigenvalue weighted by Crippen LogP contribution is -2.47. The van der Waals surface area contributed by atoms with Gasteiger partial charge in [-0.05, 0) is 24.1 Å². The Morgan fingerprint density at radius 3 is 2.14 bits per heavy atom. The van der Waals surface area contributed by atoms with E-state index in [1.54, 1.807) is 0 Å². The predicted octanol–water partition coefficient (Wildman–Crippen LogP) is 2.61. The lowest BCUT2D eigenvalue weighted by Gasteiger charge is -2.35. The number of likely N-dealkylation sites (N-methyl/N-ethyl adjacent to an activating group) is 1. The van der Waals surface area contributed by atoms with Crippen LogP contribution in [0.1, 0.15) is 24.5 Å². The van der Waals surface area contributed by atoms with Crippen molar-refractivity contribution in [2.75, 3.05) is 6.54 Å². The molecular weight excluding hydrogens is 260 g/mol. The van der Waals surface area contributed by atoms with E-state index >= 15 is 0 Å². The molecule has 2 aromatic rings. The molecule has 2 rings (SSSR count). The molecule has 1 amide bonds. The van der Waals surface area contributed by atoms with Crippen LogP contribution in [0.2, 0.25) is 0 Å². The Hall–Kier alpha value is -2.13. The maximum Gasteiger partial charge on any atom is 0.219 e. The first-order valence-electron chi connectivity index (χ1n) is 7.29. The molecule has 2 aromatic carbocycles. The molecule has 0 spiro atoms. The summed E-state index contributed by atoms with van der Waals surface area (Å²) < 4.78 is 0. The number of primary amides is 1. The molecule has 110 valence electrons. The summed E-state index contributed by atoms with van der Waals surface area (Å²) in [5.41, 5.74) is 7.34. The molecule has 0 aliphatic heterocycles. The number of rotatable bonds is 7. The molecule has 0 heterocycles. The second-order valence-electron chi connectivity index (χ2n) is 5.28. The smallest absolute Gasteiger partial charge is 0.219 e. The lowest BCUT2D eigenvalue weighted by atomic mass is 9.80. The Labute approximate surface area is 126 Å². The third kappa shape index (κ3) is 3.92. The molecule has 0 bridgehead atoms. The molecule has 1 atom stereocenters. The first kappa shape index (κ1) is 15.3. The van der Waals surface area contributed by atoms with Crippen molar-refractivity contribution in [3.63, 3.8) is 0 Å². The summed E-state index contributed by atoms with van der Waals surface area (Å²) in [4.78, 5) is 11.6. The van der Waals surface area contributed by atoms with E-state index in [4.69, 9.17) is 5.73 Å². The van der Waals surface area contributed by atoms with Gasteiger partial charge in [0.1, 0.15) is 0 Å². The van der Waals surface area contributed by atoms with Gasteiger partial charge in [-0.2, -0.15) is 0 Å². The number of hydrogen-bond donors (Lipinski definition) is 2. The SMILES string of the molecule is CCNC(CC(N)=O)(Cc1ccccc1)c1ccccc1. The highest BCUT2D eigenvalue weighted by atomic mass is 16.1. The van der Waals surface area contributed by atoms with Gasteiger partial charge in [-0.1, -0.05) is 67.6 Å². The molecule has 0 aliphatic carbocycles. The third-order valence-electron chi connectivity index (χ3n) is 3.67. The van der Waals surface area contributed by atoms with E-state index in [0.29, 0.717) is 0 Å². The van der Waals surface area contributed by atoms with Gasteiger partial charge in [0.15, 0.2) is 0 Å². The number of nitrogens with two attached hydrogens (primary N) is 1. The van der Waals surface area contributed by atoms with Crippen LogP contribution in [0.3, 0.4) is 0 Å². The zero-order chi connectivity index (χ0) is 15.1. The molecule has 0 aromatic heterocycles. The fraction of sp³-hybridized carbons (Fsp3) is 0.278. The number of carbonyl (C=O) groups is 1. The van der Waals surface area contributed by atoms with Crippen LogP contribution in [0.4, 0.5) is 0 Å². The number of carbonyl (C=O) groups excluding carboxylic acids is 1. The van der Waals surface area contributed by atoms with Gasteiger partial charge in [0.25, 0.3) is 0 Å². The van der Waals surface area contributed by atoms with Gasteiger partial charge in [-0.15, -0.1) is 0 Å². The Morgan fingerprint density at radius 2 is 1.62 bits per heavy atom. The van der Waals surface area contributed by atoms with Gasteiger partial charge < -0.3 is 11.1 Å². The van der Waals surface area contributed by atoms with Crippen LogP contribution in [0, 0.1) is 0 Å². The second-order valence-corrected chi connectivity index (χ2v) is 5.28. The predicted molar refractivity (Wildman–Crippen MR) is 85.8 cm³/mol. The van der Waals surface area contributed by atoms with Crippen molar-refractivity contribution >= 4 is 5.91 Å². The maximum atomic E-state index is 11.6. The summed E-state index contributed by atoms with van der Waals surface area (Å²) in [6.07, 6.45) is 1.01. The molecule has 0 radical (unpaired) electrons. The van der Waals surface area contributed by atoms with Crippen molar-refractivity contribution in [1.29, 1.82) is 0 Å². The quantitative estimate of drug-likeness (QED) is 0.820. The Bertz CT molecular complexity index is 568. The van der Waals surface area contributed by atoms with E-state index in [1.165, 1.54) is 5.56 Å². The van der Waals surface area contributed by atoms with Crippen molar-refractivity contribution in [2.24, 2.45) is 5.73 Å². The van der Waals surface area contributed by atoms with Crippen LogP contribution in [0.5, 0.6) is 0 Å². The van der Waals surface area contributed by atoms with Crippen molar-refractivity contribution in [3.05, 3.63) is 71.8 Å². The van der Waals surface area contributed by atoms with Crippen LogP contribution in [0.25, 0.3) is 0 Å². The molecule has 3 N–H and O–H groups in total. The van der Waals surface area contributed by atoms with Crippen LogP contribution >= 0.6 is 0 Å². The van der Waals surface area contributed by atoms with E-state index in [2.05, 4.69) is 29.6 Å². The Morgan fingerprint density at radius 1 is 1.05 bits per heavy atom. The van der Waals surface area contributed by atoms with Gasteiger partial charge in [-0.3, -0.25) is 4.79 Å². The molecule has 3 heteroatoms. The first-order valence-corrected chi connectivity index (χ1v) is 7.29. The van der Waals surface area contributed by atoms with Gasteiger partial charge in [0.05, 0.1) is 5.54 Å². The molecule has 0 fully saturated rings. The van der Waals surface area contributed by atoms with Crippen LogP contribution < -0.4 is 11.1 Å². The van der Waals surface area contributed by atoms with E-state index in [0.717, 1.165) is 18.5 Å². The minimum atomic E-state index is -0.455. The fourth-order valence-corrected chi connectivity index (χ4v) is 2.83. The molecule has 1 unspecified atom stereocenters. The zero-order valence-electron chi connectivity index (χ0n) is 12.4. The van der Waals surface area contributed by atoms with Crippen molar-refractivity contribution in [2.45, 2.75) is 25.3 Å². The van der Waals surface area contributed by atoms with Crippen LogP contribution in [-0.2, 0) is 16.8 Å². The van der Waals surface area contributed by atoms with Crippen molar-refractivity contribution in [3.8, 4) is 0 Å². The molecule has 0 aliphatic rings. The number of nitrogens with one attached hydrogen (secondary N) is 1. The van der Waals surface area contributed by atoms with Gasteiger partial charge in [-0.25, -0.2) is 0 Å². The maximum absolute atomic E-state index is 11.6. The van der Waals surface area contributed by atoms with Crippen molar-refractivity contribution in [1.82, 2.24) is 5.32 Å². The molecule has 0 saturated carbocycles. The third-order valence-corrected chi connectivity index (χ3v) is 3.67. The van der Waals surface area contributed by atoms with E-state index in [1.807, 2.05) is 43.3 Å². The lowest BCUT2D eigenvalue weighted by molar-refractivity contribution is -0.119. The zero-order valence-corrected chi connectivity index (χ0v) is 12.4. The summed E-state index contributed by atoms with van der Waals surface area (Å²) in [5.74, 6) is -0.296. The normalized spacial score (nSPS) is 13.6. The van der Waals surface area contributed by atoms with Gasteiger partial charge in [0.2, 0.25) is 5.91 Å². The summed E-state index contributed by atoms with van der Waals surface area (Å²) in [6.45, 7) is 2.82. The van der Waals surface area contributed by atoms with E-state index in [9.17, 15) is 4.79 Å². The van der Waals surface area contributed by atoms with E-state index in [-0.39, 0.29) is 12.3 Å². The topological polar surface area (TPSA) is 55.1 Å². The number of benzene rings is 2. The summed E-state index contributed by atoms with van der Waals surface area (Å²) in [7, 11) is 0. The average molecular weight is 282 g/mol. The molecule has 21 heavy (non-hydrogen) atoms.